The van der Waals surface area contributed by atoms with Gasteiger partial charge in [0, 0.05) is 6.54 Å². The van der Waals surface area contributed by atoms with Crippen LogP contribution >= 0.6 is 0 Å². The SMILES string of the molecule is CCCC(C)CN1CC(=O)NC(C)(CC)C1=O. The van der Waals surface area contributed by atoms with Gasteiger partial charge in [0.25, 0.3) is 0 Å². The first-order chi connectivity index (χ1) is 7.92. The molecule has 0 saturated carbocycles. The highest BCUT2D eigenvalue weighted by Gasteiger charge is 2.41. The van der Waals surface area contributed by atoms with Crippen molar-refractivity contribution >= 4 is 11.8 Å². The molecule has 1 aliphatic rings. The molecule has 98 valence electrons. The van der Waals surface area contributed by atoms with E-state index in [0.29, 0.717) is 18.9 Å². The lowest BCUT2D eigenvalue weighted by molar-refractivity contribution is -0.149. The normalized spacial score (nSPS) is 26.9. The van der Waals surface area contributed by atoms with Crippen LogP contribution in [0, 0.1) is 5.92 Å². The number of carbonyl (C=O) groups is 2. The molecule has 0 aromatic rings. The van der Waals surface area contributed by atoms with E-state index in [9.17, 15) is 9.59 Å². The number of rotatable bonds is 5. The molecule has 0 bridgehead atoms. The van der Waals surface area contributed by atoms with Gasteiger partial charge in [0.2, 0.25) is 11.8 Å². The van der Waals surface area contributed by atoms with Crippen LogP contribution < -0.4 is 5.32 Å². The zero-order chi connectivity index (χ0) is 13.1. The van der Waals surface area contributed by atoms with Crippen LogP contribution in [-0.4, -0.2) is 35.3 Å². The van der Waals surface area contributed by atoms with E-state index in [1.807, 2.05) is 13.8 Å². The molecule has 0 spiro atoms. The summed E-state index contributed by atoms with van der Waals surface area (Å²) in [6.07, 6.45) is 2.84. The number of piperazine rings is 1. The third-order valence-electron chi connectivity index (χ3n) is 3.53. The van der Waals surface area contributed by atoms with E-state index in [-0.39, 0.29) is 18.4 Å². The van der Waals surface area contributed by atoms with E-state index in [1.54, 1.807) is 4.90 Å². The number of hydrogen-bond donors (Lipinski definition) is 1. The molecule has 1 heterocycles. The fourth-order valence-electron chi connectivity index (χ4n) is 2.34. The largest absolute Gasteiger partial charge is 0.340 e. The predicted molar refractivity (Wildman–Crippen MR) is 67.5 cm³/mol. The minimum atomic E-state index is -0.707. The Bertz CT molecular complexity index is 304. The Morgan fingerprint density at radius 3 is 2.59 bits per heavy atom. The van der Waals surface area contributed by atoms with E-state index in [0.717, 1.165) is 12.8 Å². The lowest BCUT2D eigenvalue weighted by Gasteiger charge is -2.40. The van der Waals surface area contributed by atoms with Gasteiger partial charge in [-0.2, -0.15) is 0 Å². The van der Waals surface area contributed by atoms with Gasteiger partial charge in [-0.05, 0) is 25.7 Å². The van der Waals surface area contributed by atoms with E-state index in [2.05, 4.69) is 19.2 Å². The van der Waals surface area contributed by atoms with Gasteiger partial charge in [0.15, 0.2) is 0 Å². The van der Waals surface area contributed by atoms with Gasteiger partial charge in [-0.1, -0.05) is 27.2 Å². The first-order valence-corrected chi connectivity index (χ1v) is 6.53. The van der Waals surface area contributed by atoms with Crippen molar-refractivity contribution in [2.24, 2.45) is 5.92 Å². The van der Waals surface area contributed by atoms with Crippen LogP contribution in [0.25, 0.3) is 0 Å². The third kappa shape index (κ3) is 3.20. The average molecular weight is 240 g/mol. The maximum atomic E-state index is 12.3. The third-order valence-corrected chi connectivity index (χ3v) is 3.53. The van der Waals surface area contributed by atoms with Crippen LogP contribution in [0.15, 0.2) is 0 Å². The predicted octanol–water partition coefficient (Wildman–Crippen LogP) is 1.55. The van der Waals surface area contributed by atoms with Gasteiger partial charge < -0.3 is 10.2 Å². The Labute approximate surface area is 104 Å². The first kappa shape index (κ1) is 14.0. The number of nitrogens with zero attached hydrogens (tertiary/aromatic N) is 1. The topological polar surface area (TPSA) is 49.4 Å². The second-order valence-corrected chi connectivity index (χ2v) is 5.31. The lowest BCUT2D eigenvalue weighted by atomic mass is 9.93. The van der Waals surface area contributed by atoms with Crippen molar-refractivity contribution in [2.75, 3.05) is 13.1 Å². The van der Waals surface area contributed by atoms with Gasteiger partial charge in [-0.25, -0.2) is 0 Å². The highest BCUT2D eigenvalue weighted by molar-refractivity contribution is 5.97. The summed E-state index contributed by atoms with van der Waals surface area (Å²) in [6, 6.07) is 0. The Morgan fingerprint density at radius 1 is 1.41 bits per heavy atom. The monoisotopic (exact) mass is 240 g/mol. The van der Waals surface area contributed by atoms with E-state index in [1.165, 1.54) is 0 Å². The van der Waals surface area contributed by atoms with Crippen molar-refractivity contribution in [1.82, 2.24) is 10.2 Å². The number of hydrogen-bond acceptors (Lipinski definition) is 2. The molecular formula is C13H24N2O2. The summed E-state index contributed by atoms with van der Waals surface area (Å²) in [4.78, 5) is 25.6. The van der Waals surface area contributed by atoms with Gasteiger partial charge in [0.1, 0.15) is 5.54 Å². The van der Waals surface area contributed by atoms with E-state index in [4.69, 9.17) is 0 Å². The maximum Gasteiger partial charge on any atom is 0.248 e. The van der Waals surface area contributed by atoms with Gasteiger partial charge in [0.05, 0.1) is 6.54 Å². The molecule has 2 atom stereocenters. The van der Waals surface area contributed by atoms with Gasteiger partial charge in [-0.15, -0.1) is 0 Å². The van der Waals surface area contributed by atoms with Crippen LogP contribution in [-0.2, 0) is 9.59 Å². The fourth-order valence-corrected chi connectivity index (χ4v) is 2.34. The second kappa shape index (κ2) is 5.52. The summed E-state index contributed by atoms with van der Waals surface area (Å²) in [5.74, 6) is 0.469. The van der Waals surface area contributed by atoms with Crippen LogP contribution in [0.2, 0.25) is 0 Å². The number of amides is 2. The summed E-state index contributed by atoms with van der Waals surface area (Å²) in [5.41, 5.74) is -0.707. The van der Waals surface area contributed by atoms with Crippen molar-refractivity contribution in [3.63, 3.8) is 0 Å². The lowest BCUT2D eigenvalue weighted by Crippen LogP contribution is -2.65. The van der Waals surface area contributed by atoms with E-state index >= 15 is 0 Å². The van der Waals surface area contributed by atoms with Gasteiger partial charge >= 0.3 is 0 Å². The van der Waals surface area contributed by atoms with Crippen molar-refractivity contribution in [3.05, 3.63) is 0 Å². The highest BCUT2D eigenvalue weighted by atomic mass is 16.2. The molecule has 1 N–H and O–H groups in total. The minimum absolute atomic E-state index is 0.0438. The Hall–Kier alpha value is -1.06. The molecular weight excluding hydrogens is 216 g/mol. The summed E-state index contributed by atoms with van der Waals surface area (Å²) in [6.45, 7) is 8.91. The molecule has 2 unspecified atom stereocenters. The minimum Gasteiger partial charge on any atom is -0.340 e. The molecule has 1 saturated heterocycles. The molecule has 4 heteroatoms. The maximum absolute atomic E-state index is 12.3. The van der Waals surface area contributed by atoms with Crippen molar-refractivity contribution in [2.45, 2.75) is 52.5 Å². The summed E-state index contributed by atoms with van der Waals surface area (Å²) in [5, 5.41) is 2.80. The molecule has 1 aliphatic heterocycles. The number of carbonyl (C=O) groups excluding carboxylic acids is 2. The molecule has 0 aromatic carbocycles. The molecule has 2 amide bonds. The second-order valence-electron chi connectivity index (χ2n) is 5.31. The Morgan fingerprint density at radius 2 is 2.06 bits per heavy atom. The zero-order valence-corrected chi connectivity index (χ0v) is 11.4. The molecule has 1 fully saturated rings. The molecule has 17 heavy (non-hydrogen) atoms. The quantitative estimate of drug-likeness (QED) is 0.792. The highest BCUT2D eigenvalue weighted by Crippen LogP contribution is 2.19. The average Bonchev–Trinajstić information content (AvgIpc) is 2.25. The van der Waals surface area contributed by atoms with Crippen LogP contribution in [0.4, 0.5) is 0 Å². The molecule has 4 nitrogen and oxygen atoms in total. The summed E-state index contributed by atoms with van der Waals surface area (Å²) in [7, 11) is 0. The van der Waals surface area contributed by atoms with Crippen molar-refractivity contribution in [3.8, 4) is 0 Å². The zero-order valence-electron chi connectivity index (χ0n) is 11.4. The molecule has 1 rings (SSSR count). The fraction of sp³-hybridized carbons (Fsp3) is 0.846. The van der Waals surface area contributed by atoms with Gasteiger partial charge in [-0.3, -0.25) is 9.59 Å². The smallest absolute Gasteiger partial charge is 0.248 e. The Balaban J connectivity index is 2.71. The molecule has 0 aliphatic carbocycles. The molecule has 0 radical (unpaired) electrons. The van der Waals surface area contributed by atoms with Crippen LogP contribution in [0.5, 0.6) is 0 Å². The first-order valence-electron chi connectivity index (χ1n) is 6.53. The standard InChI is InChI=1S/C13H24N2O2/c1-5-7-10(3)8-15-9-11(16)14-13(4,6-2)12(15)17/h10H,5-9H2,1-4H3,(H,14,16). The van der Waals surface area contributed by atoms with Crippen LogP contribution in [0.1, 0.15) is 47.0 Å². The summed E-state index contributed by atoms with van der Waals surface area (Å²) >= 11 is 0. The van der Waals surface area contributed by atoms with Crippen molar-refractivity contribution in [1.29, 1.82) is 0 Å². The Kier molecular flexibility index (Phi) is 4.54. The van der Waals surface area contributed by atoms with E-state index < -0.39 is 5.54 Å². The number of nitrogens with one attached hydrogen (secondary N) is 1. The van der Waals surface area contributed by atoms with Crippen molar-refractivity contribution < 1.29 is 9.59 Å². The summed E-state index contributed by atoms with van der Waals surface area (Å²) < 4.78 is 0. The van der Waals surface area contributed by atoms with Crippen LogP contribution in [0.3, 0.4) is 0 Å². The molecule has 0 aromatic heterocycles.